The molecule has 0 spiro atoms. The van der Waals surface area contributed by atoms with E-state index in [1.807, 2.05) is 0 Å². The van der Waals surface area contributed by atoms with Crippen molar-refractivity contribution in [2.75, 3.05) is 17.2 Å². The summed E-state index contributed by atoms with van der Waals surface area (Å²) in [4.78, 5) is 54.1. The lowest BCUT2D eigenvalue weighted by Gasteiger charge is -2.22. The van der Waals surface area contributed by atoms with Crippen molar-refractivity contribution in [3.05, 3.63) is 53.8 Å². The van der Waals surface area contributed by atoms with Crippen LogP contribution in [-0.4, -0.2) is 40.2 Å². The van der Waals surface area contributed by atoms with Crippen LogP contribution in [0.1, 0.15) is 19.4 Å². The van der Waals surface area contributed by atoms with Gasteiger partial charge >= 0.3 is 6.03 Å². The zero-order valence-electron chi connectivity index (χ0n) is 17.1. The number of aromatic nitrogens is 1. The van der Waals surface area contributed by atoms with Crippen molar-refractivity contribution in [3.8, 4) is 0 Å². The molecule has 3 N–H and O–H groups in total. The summed E-state index contributed by atoms with van der Waals surface area (Å²) in [5.41, 5.74) is 0.118. The minimum absolute atomic E-state index is 0.237. The molecule has 1 aliphatic rings. The summed E-state index contributed by atoms with van der Waals surface area (Å²) in [6, 6.07) is 9.51. The number of fused-ring (bicyclic) bond motifs is 1. The van der Waals surface area contributed by atoms with Crippen LogP contribution in [0.25, 0.3) is 10.2 Å². The lowest BCUT2D eigenvalue weighted by molar-refractivity contribution is -0.133. The number of anilines is 2. The fraction of sp³-hybridized carbons (Fsp3) is 0.190. The van der Waals surface area contributed by atoms with E-state index in [0.717, 1.165) is 9.60 Å². The number of imide groups is 1. The van der Waals surface area contributed by atoms with Gasteiger partial charge in [-0.2, -0.15) is 0 Å². The van der Waals surface area contributed by atoms with Gasteiger partial charge in [-0.3, -0.25) is 19.3 Å². The number of nitrogens with one attached hydrogen (secondary N) is 3. The summed E-state index contributed by atoms with van der Waals surface area (Å²) in [5, 5.41) is 8.28. The van der Waals surface area contributed by atoms with Crippen molar-refractivity contribution in [2.45, 2.75) is 19.4 Å². The van der Waals surface area contributed by atoms with Crippen LogP contribution in [0.15, 0.2) is 42.5 Å². The maximum absolute atomic E-state index is 13.2. The molecule has 4 rings (SSSR count). The minimum Gasteiger partial charge on any atom is -0.324 e. The number of carbonyl (C=O) groups excluding carboxylic acids is 4. The number of carbonyl (C=O) groups is 4. The Labute approximate surface area is 185 Å². The van der Waals surface area contributed by atoms with Crippen LogP contribution in [0.2, 0.25) is 0 Å². The van der Waals surface area contributed by atoms with Crippen molar-refractivity contribution >= 4 is 56.1 Å². The monoisotopic (exact) mass is 455 g/mol. The SMILES string of the molecule is CC(=O)Nc1nc2ccc(NC(=O)CN3C(=O)NC(C)(c4ccc(F)cc4)C3=O)cc2s1. The van der Waals surface area contributed by atoms with E-state index >= 15 is 0 Å². The molecule has 9 nitrogen and oxygen atoms in total. The molecule has 1 fully saturated rings. The van der Waals surface area contributed by atoms with E-state index in [-0.39, 0.29) is 5.91 Å². The number of hydrogen-bond donors (Lipinski definition) is 3. The van der Waals surface area contributed by atoms with E-state index in [2.05, 4.69) is 20.9 Å². The van der Waals surface area contributed by atoms with Gasteiger partial charge in [-0.15, -0.1) is 0 Å². The molecule has 2 aromatic carbocycles. The van der Waals surface area contributed by atoms with Gasteiger partial charge in [0.1, 0.15) is 17.9 Å². The standard InChI is InChI=1S/C21H18FN5O4S/c1-11(28)23-19-25-15-8-7-14(9-16(15)32-19)24-17(29)10-27-18(30)21(2,26-20(27)31)12-3-5-13(22)6-4-12/h3-9H,10H2,1-2H3,(H,24,29)(H,26,31)(H,23,25,28). The number of halogens is 1. The van der Waals surface area contributed by atoms with Crippen LogP contribution in [0.3, 0.4) is 0 Å². The molecule has 1 aromatic heterocycles. The molecule has 11 heteroatoms. The molecule has 1 unspecified atom stereocenters. The number of hydrogen-bond acceptors (Lipinski definition) is 6. The molecule has 2 heterocycles. The predicted molar refractivity (Wildman–Crippen MR) is 117 cm³/mol. The normalized spacial score (nSPS) is 18.0. The fourth-order valence-electron chi connectivity index (χ4n) is 3.37. The third kappa shape index (κ3) is 4.02. The van der Waals surface area contributed by atoms with Gasteiger partial charge < -0.3 is 16.0 Å². The summed E-state index contributed by atoms with van der Waals surface area (Å²) in [6.45, 7) is 2.40. The number of thiazole rings is 1. The van der Waals surface area contributed by atoms with Crippen molar-refractivity contribution in [1.29, 1.82) is 0 Å². The Balaban J connectivity index is 1.46. The summed E-state index contributed by atoms with van der Waals surface area (Å²) < 4.78 is 14.0. The lowest BCUT2D eigenvalue weighted by Crippen LogP contribution is -2.42. The molecule has 0 radical (unpaired) electrons. The second-order valence-corrected chi connectivity index (χ2v) is 8.41. The van der Waals surface area contributed by atoms with Gasteiger partial charge in [-0.1, -0.05) is 23.5 Å². The van der Waals surface area contributed by atoms with Crippen LogP contribution in [0.5, 0.6) is 0 Å². The van der Waals surface area contributed by atoms with Crippen molar-refractivity contribution in [3.63, 3.8) is 0 Å². The first-order valence-electron chi connectivity index (χ1n) is 9.54. The topological polar surface area (TPSA) is 120 Å². The fourth-order valence-corrected chi connectivity index (χ4v) is 4.32. The number of rotatable bonds is 5. The first-order chi connectivity index (χ1) is 15.2. The highest BCUT2D eigenvalue weighted by Crippen LogP contribution is 2.30. The third-order valence-corrected chi connectivity index (χ3v) is 5.89. The Morgan fingerprint density at radius 2 is 1.88 bits per heavy atom. The second kappa shape index (κ2) is 8.00. The Bertz CT molecular complexity index is 1260. The molecular weight excluding hydrogens is 437 g/mol. The Morgan fingerprint density at radius 3 is 2.56 bits per heavy atom. The maximum atomic E-state index is 13.2. The first kappa shape index (κ1) is 21.4. The van der Waals surface area contributed by atoms with E-state index in [9.17, 15) is 23.6 Å². The highest BCUT2D eigenvalue weighted by atomic mass is 32.1. The van der Waals surface area contributed by atoms with Crippen molar-refractivity contribution in [2.24, 2.45) is 0 Å². The number of amides is 5. The molecule has 0 saturated carbocycles. The van der Waals surface area contributed by atoms with E-state index in [4.69, 9.17) is 0 Å². The van der Waals surface area contributed by atoms with Gasteiger partial charge in [0, 0.05) is 12.6 Å². The van der Waals surface area contributed by atoms with Gasteiger partial charge in [0.15, 0.2) is 5.13 Å². The number of nitrogens with zero attached hydrogens (tertiary/aromatic N) is 2. The van der Waals surface area contributed by atoms with E-state index < -0.39 is 35.7 Å². The summed E-state index contributed by atoms with van der Waals surface area (Å²) >= 11 is 1.25. The van der Waals surface area contributed by atoms with Gasteiger partial charge in [0.05, 0.1) is 10.2 Å². The molecule has 0 aliphatic carbocycles. The number of benzene rings is 2. The molecule has 0 bridgehead atoms. The first-order valence-corrected chi connectivity index (χ1v) is 10.4. The van der Waals surface area contributed by atoms with Gasteiger partial charge in [0.2, 0.25) is 11.8 Å². The van der Waals surface area contributed by atoms with Gasteiger partial charge in [-0.05, 0) is 42.8 Å². The highest BCUT2D eigenvalue weighted by molar-refractivity contribution is 7.22. The van der Waals surface area contributed by atoms with E-state index in [0.29, 0.717) is 21.9 Å². The molecule has 1 atom stereocenters. The highest BCUT2D eigenvalue weighted by Gasteiger charge is 2.49. The average molecular weight is 455 g/mol. The summed E-state index contributed by atoms with van der Waals surface area (Å²) in [6.07, 6.45) is 0. The Kier molecular flexibility index (Phi) is 5.35. The molecule has 3 aromatic rings. The van der Waals surface area contributed by atoms with Crippen LogP contribution in [-0.2, 0) is 19.9 Å². The quantitative estimate of drug-likeness (QED) is 0.511. The van der Waals surface area contributed by atoms with Crippen LogP contribution >= 0.6 is 11.3 Å². The van der Waals surface area contributed by atoms with Crippen LogP contribution < -0.4 is 16.0 Å². The predicted octanol–water partition coefficient (Wildman–Crippen LogP) is 2.80. The molecule has 5 amide bonds. The molecule has 1 aliphatic heterocycles. The van der Waals surface area contributed by atoms with E-state index in [1.165, 1.54) is 49.4 Å². The summed E-state index contributed by atoms with van der Waals surface area (Å²) in [7, 11) is 0. The number of urea groups is 1. The smallest absolute Gasteiger partial charge is 0.324 e. The molecule has 164 valence electrons. The van der Waals surface area contributed by atoms with Crippen LogP contribution in [0, 0.1) is 5.82 Å². The van der Waals surface area contributed by atoms with Gasteiger partial charge in [-0.25, -0.2) is 14.2 Å². The zero-order valence-corrected chi connectivity index (χ0v) is 17.9. The Morgan fingerprint density at radius 1 is 1.16 bits per heavy atom. The van der Waals surface area contributed by atoms with E-state index in [1.54, 1.807) is 18.2 Å². The van der Waals surface area contributed by atoms with Crippen molar-refractivity contribution in [1.82, 2.24) is 15.2 Å². The third-order valence-electron chi connectivity index (χ3n) is 4.95. The lowest BCUT2D eigenvalue weighted by atomic mass is 9.92. The van der Waals surface area contributed by atoms with Crippen LogP contribution in [0.4, 0.5) is 20.0 Å². The summed E-state index contributed by atoms with van der Waals surface area (Å²) in [5.74, 6) is -1.88. The van der Waals surface area contributed by atoms with Crippen molar-refractivity contribution < 1.29 is 23.6 Å². The zero-order chi connectivity index (χ0) is 23.0. The maximum Gasteiger partial charge on any atom is 0.325 e. The molecule has 1 saturated heterocycles. The molecule has 32 heavy (non-hydrogen) atoms. The van der Waals surface area contributed by atoms with Gasteiger partial charge in [0.25, 0.3) is 5.91 Å². The molecular formula is C21H18FN5O4S. The average Bonchev–Trinajstić information content (AvgIpc) is 3.21. The largest absolute Gasteiger partial charge is 0.325 e. The Hall–Kier alpha value is -3.86. The minimum atomic E-state index is -1.40. The second-order valence-electron chi connectivity index (χ2n) is 7.38.